The fourth-order valence-electron chi connectivity index (χ4n) is 1.45. The largest absolute Gasteiger partial charge is 0.399 e. The molecule has 0 bridgehead atoms. The third-order valence-corrected chi connectivity index (χ3v) is 3.23. The SMILES string of the molecule is Nc1ccc(-c2ccc(N)c(Cl)c2Cl)cc1.O=S(O)O. The van der Waals surface area contributed by atoms with E-state index in [9.17, 15) is 0 Å². The van der Waals surface area contributed by atoms with Gasteiger partial charge in [-0.15, -0.1) is 0 Å². The monoisotopic (exact) mass is 334 g/mol. The molecule has 0 atom stereocenters. The lowest BCUT2D eigenvalue weighted by molar-refractivity contribution is 0.454. The van der Waals surface area contributed by atoms with Crippen molar-refractivity contribution in [1.82, 2.24) is 0 Å². The maximum atomic E-state index is 8.67. The molecule has 0 amide bonds. The average molecular weight is 335 g/mol. The van der Waals surface area contributed by atoms with Gasteiger partial charge in [-0.25, -0.2) is 0 Å². The first-order valence-electron chi connectivity index (χ1n) is 5.22. The van der Waals surface area contributed by atoms with Gasteiger partial charge in [0.25, 0.3) is 11.4 Å². The minimum atomic E-state index is -2.61. The molecule has 5 nitrogen and oxygen atoms in total. The minimum Gasteiger partial charge on any atom is -0.399 e. The first kappa shape index (κ1) is 16.7. The van der Waals surface area contributed by atoms with Crippen LogP contribution in [-0.4, -0.2) is 13.3 Å². The van der Waals surface area contributed by atoms with Gasteiger partial charge in [-0.05, 0) is 23.8 Å². The summed E-state index contributed by atoms with van der Waals surface area (Å²) in [4.78, 5) is 0. The molecule has 0 aromatic heterocycles. The van der Waals surface area contributed by atoms with Crippen molar-refractivity contribution in [3.8, 4) is 11.1 Å². The first-order chi connectivity index (χ1) is 9.32. The summed E-state index contributed by atoms with van der Waals surface area (Å²) in [7, 11) is 0. The van der Waals surface area contributed by atoms with E-state index in [1.54, 1.807) is 6.07 Å². The Balaban J connectivity index is 0.000000444. The van der Waals surface area contributed by atoms with Crippen molar-refractivity contribution in [2.75, 3.05) is 11.5 Å². The molecule has 8 heteroatoms. The smallest absolute Gasteiger partial charge is 0.299 e. The Kier molecular flexibility index (Phi) is 6.25. The van der Waals surface area contributed by atoms with Gasteiger partial charge < -0.3 is 11.5 Å². The van der Waals surface area contributed by atoms with Crippen molar-refractivity contribution in [3.63, 3.8) is 0 Å². The fraction of sp³-hybridized carbons (Fsp3) is 0. The number of nitrogen functional groups attached to an aromatic ring is 2. The average Bonchev–Trinajstić information content (AvgIpc) is 2.37. The molecule has 0 fully saturated rings. The maximum absolute atomic E-state index is 8.67. The van der Waals surface area contributed by atoms with Gasteiger partial charge >= 0.3 is 0 Å². The molecule has 108 valence electrons. The molecule has 0 heterocycles. The first-order valence-corrected chi connectivity index (χ1v) is 7.04. The number of nitrogens with two attached hydrogens (primary N) is 2. The molecule has 0 aliphatic heterocycles. The summed E-state index contributed by atoms with van der Waals surface area (Å²) in [5.41, 5.74) is 14.3. The van der Waals surface area contributed by atoms with Crippen LogP contribution < -0.4 is 11.5 Å². The molecule has 2 rings (SSSR count). The third kappa shape index (κ3) is 4.66. The summed E-state index contributed by atoms with van der Waals surface area (Å²) in [6.45, 7) is 0. The van der Waals surface area contributed by atoms with Gasteiger partial charge in [-0.1, -0.05) is 41.4 Å². The molecule has 20 heavy (non-hydrogen) atoms. The van der Waals surface area contributed by atoms with E-state index in [0.717, 1.165) is 11.1 Å². The number of benzene rings is 2. The standard InChI is InChI=1S/C12H10Cl2N2.H2O3S/c13-11-9(5-6-10(16)12(11)14)7-1-3-8(15)4-2-7;1-4(2)3/h1-6H,15-16H2;(H2,1,2,3). The van der Waals surface area contributed by atoms with Gasteiger partial charge in [0.15, 0.2) is 0 Å². The zero-order chi connectivity index (χ0) is 15.3. The highest BCUT2D eigenvalue weighted by atomic mass is 35.5. The molecule has 2 aromatic carbocycles. The van der Waals surface area contributed by atoms with E-state index in [0.29, 0.717) is 21.4 Å². The van der Waals surface area contributed by atoms with Crippen LogP contribution in [0.25, 0.3) is 11.1 Å². The molecule has 0 radical (unpaired) electrons. The predicted octanol–water partition coefficient (Wildman–Crippen LogP) is 3.51. The van der Waals surface area contributed by atoms with Crippen molar-refractivity contribution >= 4 is 45.9 Å². The van der Waals surface area contributed by atoms with Crippen LogP contribution in [0.2, 0.25) is 10.0 Å². The van der Waals surface area contributed by atoms with E-state index in [-0.39, 0.29) is 0 Å². The summed E-state index contributed by atoms with van der Waals surface area (Å²) in [6, 6.07) is 11.0. The Labute approximate surface area is 128 Å². The molecule has 0 saturated carbocycles. The van der Waals surface area contributed by atoms with Crippen LogP contribution in [-0.2, 0) is 11.4 Å². The Morgan fingerprint density at radius 2 is 1.40 bits per heavy atom. The Bertz CT molecular complexity index is 617. The van der Waals surface area contributed by atoms with Crippen molar-refractivity contribution < 1.29 is 13.3 Å². The lowest BCUT2D eigenvalue weighted by Crippen LogP contribution is -1.89. The highest BCUT2D eigenvalue weighted by Crippen LogP contribution is 2.37. The van der Waals surface area contributed by atoms with Crippen molar-refractivity contribution in [3.05, 3.63) is 46.4 Å². The molecular formula is C12H12Cl2N2O3S. The van der Waals surface area contributed by atoms with Gasteiger partial charge in [0, 0.05) is 11.3 Å². The van der Waals surface area contributed by atoms with Crippen molar-refractivity contribution in [2.45, 2.75) is 0 Å². The van der Waals surface area contributed by atoms with E-state index >= 15 is 0 Å². The van der Waals surface area contributed by atoms with Crippen LogP contribution in [0.5, 0.6) is 0 Å². The van der Waals surface area contributed by atoms with Crippen LogP contribution >= 0.6 is 23.2 Å². The lowest BCUT2D eigenvalue weighted by atomic mass is 10.0. The maximum Gasteiger partial charge on any atom is 0.299 e. The molecule has 0 unspecified atom stereocenters. The van der Waals surface area contributed by atoms with Gasteiger partial charge in [-0.2, -0.15) is 4.21 Å². The van der Waals surface area contributed by atoms with Crippen molar-refractivity contribution in [2.24, 2.45) is 0 Å². The quantitative estimate of drug-likeness (QED) is 0.471. The molecule has 0 aliphatic rings. The van der Waals surface area contributed by atoms with Crippen LogP contribution in [0.4, 0.5) is 11.4 Å². The van der Waals surface area contributed by atoms with Crippen LogP contribution in [0.15, 0.2) is 36.4 Å². The molecular weight excluding hydrogens is 323 g/mol. The molecule has 0 aliphatic carbocycles. The second kappa shape index (κ2) is 7.47. The topological polar surface area (TPSA) is 110 Å². The van der Waals surface area contributed by atoms with E-state index in [1.807, 2.05) is 30.3 Å². The van der Waals surface area contributed by atoms with E-state index in [4.69, 9.17) is 48.0 Å². The molecule has 0 saturated heterocycles. The van der Waals surface area contributed by atoms with Crippen molar-refractivity contribution in [1.29, 1.82) is 0 Å². The summed E-state index contributed by atoms with van der Waals surface area (Å²) in [6.07, 6.45) is 0. The van der Waals surface area contributed by atoms with Crippen LogP contribution in [0, 0.1) is 0 Å². The molecule has 2 aromatic rings. The van der Waals surface area contributed by atoms with Gasteiger partial charge in [0.1, 0.15) is 0 Å². The second-order valence-electron chi connectivity index (χ2n) is 3.68. The Morgan fingerprint density at radius 1 is 0.900 bits per heavy atom. The summed E-state index contributed by atoms with van der Waals surface area (Å²) in [5.74, 6) is 0. The number of anilines is 2. The number of hydrogen-bond acceptors (Lipinski definition) is 3. The van der Waals surface area contributed by atoms with E-state index < -0.39 is 11.4 Å². The number of halogens is 2. The fourth-order valence-corrected chi connectivity index (χ4v) is 1.90. The molecule has 0 spiro atoms. The van der Waals surface area contributed by atoms with Crippen LogP contribution in [0.3, 0.4) is 0 Å². The van der Waals surface area contributed by atoms with Gasteiger partial charge in [-0.3, -0.25) is 9.11 Å². The second-order valence-corrected chi connectivity index (χ2v) is 4.90. The van der Waals surface area contributed by atoms with Crippen LogP contribution in [0.1, 0.15) is 0 Å². The highest BCUT2D eigenvalue weighted by molar-refractivity contribution is 7.73. The summed E-state index contributed by atoms with van der Waals surface area (Å²) in [5, 5.41) is 0.849. The van der Waals surface area contributed by atoms with E-state index in [2.05, 4.69) is 0 Å². The Hall–Kier alpha value is -1.31. The predicted molar refractivity (Wildman–Crippen MR) is 84.1 cm³/mol. The van der Waals surface area contributed by atoms with Gasteiger partial charge in [0.05, 0.1) is 15.7 Å². The number of rotatable bonds is 1. The Morgan fingerprint density at radius 3 is 1.90 bits per heavy atom. The highest BCUT2D eigenvalue weighted by Gasteiger charge is 2.09. The third-order valence-electron chi connectivity index (χ3n) is 2.33. The zero-order valence-electron chi connectivity index (χ0n) is 10.1. The number of hydrogen-bond donors (Lipinski definition) is 4. The summed E-state index contributed by atoms with van der Waals surface area (Å²) < 4.78 is 22.8. The molecule has 6 N–H and O–H groups in total. The summed E-state index contributed by atoms with van der Waals surface area (Å²) >= 11 is 9.50. The zero-order valence-corrected chi connectivity index (χ0v) is 12.4. The van der Waals surface area contributed by atoms with Gasteiger partial charge in [0.2, 0.25) is 0 Å². The minimum absolute atomic E-state index is 0.385. The lowest BCUT2D eigenvalue weighted by Gasteiger charge is -2.08. The van der Waals surface area contributed by atoms with E-state index in [1.165, 1.54) is 0 Å². The normalized spacial score (nSPS) is 10.1.